The van der Waals surface area contributed by atoms with Gasteiger partial charge in [-0.1, -0.05) is 19.1 Å². The van der Waals surface area contributed by atoms with Crippen LogP contribution in [-0.4, -0.2) is 26.1 Å². The predicted molar refractivity (Wildman–Crippen MR) is 66.0 cm³/mol. The predicted octanol–water partition coefficient (Wildman–Crippen LogP) is 1.97. The summed E-state index contributed by atoms with van der Waals surface area (Å²) in [6.07, 6.45) is 1.47. The zero-order valence-electron chi connectivity index (χ0n) is 10.4. The second kappa shape index (κ2) is 4.94. The number of nitrogens with two attached hydrogens (primary N) is 1. The normalized spacial score (nSPS) is 18.2. The molecular formula is C13H19NO3. The van der Waals surface area contributed by atoms with E-state index in [1.165, 1.54) is 0 Å². The number of hydrogen-bond acceptors (Lipinski definition) is 4. The minimum Gasteiger partial charge on any atom is -0.495 e. The first-order valence-electron chi connectivity index (χ1n) is 5.90. The first-order valence-corrected chi connectivity index (χ1v) is 5.90. The number of nitrogen functional groups attached to an aromatic ring is 1. The Hall–Kier alpha value is -1.26. The van der Waals surface area contributed by atoms with Crippen molar-refractivity contribution in [2.75, 3.05) is 26.1 Å². The van der Waals surface area contributed by atoms with Crippen molar-refractivity contribution in [3.05, 3.63) is 23.8 Å². The SMILES string of the molecule is CCC1(Cc2cccc(OC)c2N)OCCO1. The maximum atomic E-state index is 6.05. The molecule has 0 saturated carbocycles. The van der Waals surface area contributed by atoms with E-state index >= 15 is 0 Å². The molecule has 17 heavy (non-hydrogen) atoms. The van der Waals surface area contributed by atoms with E-state index in [9.17, 15) is 0 Å². The molecule has 0 bridgehead atoms. The molecule has 1 heterocycles. The van der Waals surface area contributed by atoms with Crippen molar-refractivity contribution < 1.29 is 14.2 Å². The van der Waals surface area contributed by atoms with E-state index in [0.29, 0.717) is 31.1 Å². The Labute approximate surface area is 102 Å². The summed E-state index contributed by atoms with van der Waals surface area (Å²) in [6.45, 7) is 3.36. The Morgan fingerprint density at radius 1 is 1.35 bits per heavy atom. The molecule has 94 valence electrons. The van der Waals surface area contributed by atoms with Gasteiger partial charge in [-0.15, -0.1) is 0 Å². The van der Waals surface area contributed by atoms with E-state index in [2.05, 4.69) is 6.92 Å². The Morgan fingerprint density at radius 3 is 2.65 bits per heavy atom. The molecule has 0 amide bonds. The highest BCUT2D eigenvalue weighted by molar-refractivity contribution is 5.58. The van der Waals surface area contributed by atoms with Crippen LogP contribution in [0.15, 0.2) is 18.2 Å². The first kappa shape index (κ1) is 12.2. The highest BCUT2D eigenvalue weighted by atomic mass is 16.7. The molecule has 1 saturated heterocycles. The van der Waals surface area contributed by atoms with Crippen LogP contribution in [0.2, 0.25) is 0 Å². The average Bonchev–Trinajstić information content (AvgIpc) is 2.81. The van der Waals surface area contributed by atoms with Crippen LogP contribution in [0.25, 0.3) is 0 Å². The van der Waals surface area contributed by atoms with Crippen LogP contribution in [0.5, 0.6) is 5.75 Å². The van der Waals surface area contributed by atoms with Gasteiger partial charge in [-0.3, -0.25) is 0 Å². The topological polar surface area (TPSA) is 53.7 Å². The van der Waals surface area contributed by atoms with Crippen molar-refractivity contribution in [2.24, 2.45) is 0 Å². The van der Waals surface area contributed by atoms with Gasteiger partial charge in [0.2, 0.25) is 0 Å². The zero-order chi connectivity index (χ0) is 12.3. The minimum absolute atomic E-state index is 0.513. The smallest absolute Gasteiger partial charge is 0.172 e. The molecule has 0 aromatic heterocycles. The number of rotatable bonds is 4. The molecule has 1 fully saturated rings. The third-order valence-corrected chi connectivity index (χ3v) is 3.19. The lowest BCUT2D eigenvalue weighted by atomic mass is 10.0. The van der Waals surface area contributed by atoms with Gasteiger partial charge in [-0.2, -0.15) is 0 Å². The quantitative estimate of drug-likeness (QED) is 0.813. The van der Waals surface area contributed by atoms with Gasteiger partial charge >= 0.3 is 0 Å². The van der Waals surface area contributed by atoms with E-state index in [-0.39, 0.29) is 0 Å². The van der Waals surface area contributed by atoms with Crippen LogP contribution in [0, 0.1) is 0 Å². The lowest BCUT2D eigenvalue weighted by Crippen LogP contribution is -2.32. The highest BCUT2D eigenvalue weighted by Crippen LogP contribution is 2.32. The lowest BCUT2D eigenvalue weighted by Gasteiger charge is -2.26. The van der Waals surface area contributed by atoms with Gasteiger partial charge in [0.25, 0.3) is 0 Å². The second-order valence-corrected chi connectivity index (χ2v) is 4.17. The summed E-state index contributed by atoms with van der Waals surface area (Å²) in [5, 5.41) is 0. The average molecular weight is 237 g/mol. The summed E-state index contributed by atoms with van der Waals surface area (Å²) in [4.78, 5) is 0. The molecule has 1 aromatic rings. The fourth-order valence-corrected chi connectivity index (χ4v) is 2.14. The van der Waals surface area contributed by atoms with Crippen LogP contribution in [0.1, 0.15) is 18.9 Å². The van der Waals surface area contributed by atoms with E-state index in [1.807, 2.05) is 18.2 Å². The van der Waals surface area contributed by atoms with Crippen molar-refractivity contribution >= 4 is 5.69 Å². The molecule has 1 aromatic carbocycles. The molecule has 0 radical (unpaired) electrons. The molecular weight excluding hydrogens is 218 g/mol. The fraction of sp³-hybridized carbons (Fsp3) is 0.538. The van der Waals surface area contributed by atoms with Gasteiger partial charge in [0.05, 0.1) is 26.0 Å². The molecule has 0 aliphatic carbocycles. The van der Waals surface area contributed by atoms with Crippen molar-refractivity contribution in [3.8, 4) is 5.75 Å². The molecule has 0 spiro atoms. The van der Waals surface area contributed by atoms with Gasteiger partial charge in [-0.05, 0) is 18.1 Å². The summed E-state index contributed by atoms with van der Waals surface area (Å²) in [7, 11) is 1.62. The molecule has 1 aliphatic heterocycles. The summed E-state index contributed by atoms with van der Waals surface area (Å²) in [5.41, 5.74) is 7.73. The molecule has 1 aliphatic rings. The maximum absolute atomic E-state index is 6.05. The summed E-state index contributed by atoms with van der Waals surface area (Å²) >= 11 is 0. The van der Waals surface area contributed by atoms with Gasteiger partial charge in [-0.25, -0.2) is 0 Å². The maximum Gasteiger partial charge on any atom is 0.172 e. The van der Waals surface area contributed by atoms with Crippen LogP contribution in [0.3, 0.4) is 0 Å². The van der Waals surface area contributed by atoms with E-state index in [1.54, 1.807) is 7.11 Å². The van der Waals surface area contributed by atoms with Gasteiger partial charge < -0.3 is 19.9 Å². The number of anilines is 1. The Bertz CT molecular complexity index is 386. The third kappa shape index (κ3) is 2.37. The van der Waals surface area contributed by atoms with Crippen LogP contribution < -0.4 is 10.5 Å². The Morgan fingerprint density at radius 2 is 2.06 bits per heavy atom. The van der Waals surface area contributed by atoms with Crippen molar-refractivity contribution in [2.45, 2.75) is 25.6 Å². The first-order chi connectivity index (χ1) is 8.21. The Kier molecular flexibility index (Phi) is 3.54. The number of hydrogen-bond donors (Lipinski definition) is 1. The molecule has 4 nitrogen and oxygen atoms in total. The van der Waals surface area contributed by atoms with Crippen LogP contribution in [0.4, 0.5) is 5.69 Å². The Balaban J connectivity index is 2.23. The summed E-state index contributed by atoms with van der Waals surface area (Å²) in [5.74, 6) is 0.187. The molecule has 2 rings (SSSR count). The van der Waals surface area contributed by atoms with E-state index in [4.69, 9.17) is 19.9 Å². The molecule has 0 unspecified atom stereocenters. The number of ether oxygens (including phenoxy) is 3. The molecule has 2 N–H and O–H groups in total. The van der Waals surface area contributed by atoms with Gasteiger partial charge in [0, 0.05) is 6.42 Å². The summed E-state index contributed by atoms with van der Waals surface area (Å²) < 4.78 is 16.6. The second-order valence-electron chi connectivity index (χ2n) is 4.17. The number of benzene rings is 1. The highest BCUT2D eigenvalue weighted by Gasteiger charge is 2.35. The van der Waals surface area contributed by atoms with Crippen LogP contribution >= 0.6 is 0 Å². The summed E-state index contributed by atoms with van der Waals surface area (Å²) in [6, 6.07) is 5.77. The number of methoxy groups -OCH3 is 1. The monoisotopic (exact) mass is 237 g/mol. The minimum atomic E-state index is -0.513. The largest absolute Gasteiger partial charge is 0.495 e. The fourth-order valence-electron chi connectivity index (χ4n) is 2.14. The third-order valence-electron chi connectivity index (χ3n) is 3.19. The van der Waals surface area contributed by atoms with Crippen molar-refractivity contribution in [3.63, 3.8) is 0 Å². The molecule has 4 heteroatoms. The van der Waals surface area contributed by atoms with Crippen LogP contribution in [-0.2, 0) is 15.9 Å². The lowest BCUT2D eigenvalue weighted by molar-refractivity contribution is -0.157. The van der Waals surface area contributed by atoms with E-state index in [0.717, 1.165) is 12.0 Å². The standard InChI is InChI=1S/C13H19NO3/c1-3-13(16-7-8-17-13)9-10-5-4-6-11(15-2)12(10)14/h4-6H,3,7-9,14H2,1-2H3. The van der Waals surface area contributed by atoms with Gasteiger partial charge in [0.15, 0.2) is 5.79 Å². The van der Waals surface area contributed by atoms with Crippen molar-refractivity contribution in [1.82, 2.24) is 0 Å². The zero-order valence-corrected chi connectivity index (χ0v) is 10.4. The molecule has 0 atom stereocenters. The van der Waals surface area contributed by atoms with Crippen molar-refractivity contribution in [1.29, 1.82) is 0 Å². The van der Waals surface area contributed by atoms with E-state index < -0.39 is 5.79 Å². The van der Waals surface area contributed by atoms with Gasteiger partial charge in [0.1, 0.15) is 5.75 Å². The number of para-hydroxylation sites is 1.